The normalized spacial score (nSPS) is 17.1. The van der Waals surface area contributed by atoms with Gasteiger partial charge in [0.2, 0.25) is 0 Å². The number of hydrogen-bond donors (Lipinski definition) is 0. The number of rotatable bonds is 3. The van der Waals surface area contributed by atoms with E-state index < -0.39 is 0 Å². The molecule has 112 valence electrons. The van der Waals surface area contributed by atoms with E-state index in [2.05, 4.69) is 57.5 Å². The summed E-state index contributed by atoms with van der Waals surface area (Å²) < 4.78 is 0. The van der Waals surface area contributed by atoms with E-state index in [0.717, 1.165) is 15.9 Å². The van der Waals surface area contributed by atoms with Crippen molar-refractivity contribution in [1.29, 1.82) is 0 Å². The van der Waals surface area contributed by atoms with Crippen molar-refractivity contribution in [1.82, 2.24) is 14.9 Å². The van der Waals surface area contributed by atoms with E-state index in [1.165, 1.54) is 37.1 Å². The Hall–Kier alpha value is -1.78. The fraction of sp³-hybridized carbons (Fsp3) is 0.333. The summed E-state index contributed by atoms with van der Waals surface area (Å²) in [6.45, 7) is 4.74. The average molecular weight is 309 g/mol. The van der Waals surface area contributed by atoms with Crippen LogP contribution in [0.1, 0.15) is 31.4 Å². The molecule has 0 N–H and O–H groups in total. The monoisotopic (exact) mass is 309 g/mol. The first-order chi connectivity index (χ1) is 10.8. The highest BCUT2D eigenvalue weighted by atomic mass is 32.1. The molecular formula is C18H19N3S. The van der Waals surface area contributed by atoms with E-state index in [1.807, 2.05) is 0 Å². The molecule has 3 heterocycles. The predicted molar refractivity (Wildman–Crippen MR) is 92.1 cm³/mol. The van der Waals surface area contributed by atoms with Gasteiger partial charge in [-0.05, 0) is 55.9 Å². The molecule has 1 aliphatic rings. The maximum Gasteiger partial charge on any atom is 0.127 e. The standard InChI is InChI=1S/C18H19N3S/c1-13(21-8-2-3-9-21)14-5-4-6-15(11-14)17-16-7-10-22-18(16)20-12-19-17/h4-7,10-13H,2-3,8-9H2,1H3/t13-/m1/s1. The molecule has 0 radical (unpaired) electrons. The Morgan fingerprint density at radius 1 is 1.14 bits per heavy atom. The lowest BCUT2D eigenvalue weighted by Gasteiger charge is -2.24. The smallest absolute Gasteiger partial charge is 0.127 e. The molecule has 3 aromatic rings. The van der Waals surface area contributed by atoms with Crippen LogP contribution in [0.4, 0.5) is 0 Å². The summed E-state index contributed by atoms with van der Waals surface area (Å²) in [5.41, 5.74) is 3.61. The molecule has 0 amide bonds. The highest BCUT2D eigenvalue weighted by Gasteiger charge is 2.20. The first-order valence-corrected chi connectivity index (χ1v) is 8.73. The van der Waals surface area contributed by atoms with Gasteiger partial charge >= 0.3 is 0 Å². The fourth-order valence-electron chi connectivity index (χ4n) is 3.31. The maximum atomic E-state index is 4.53. The third kappa shape index (κ3) is 2.42. The molecule has 0 saturated carbocycles. The Kier molecular flexibility index (Phi) is 3.64. The molecule has 3 nitrogen and oxygen atoms in total. The van der Waals surface area contributed by atoms with Gasteiger partial charge in [-0.3, -0.25) is 4.90 Å². The second kappa shape index (κ2) is 5.78. The van der Waals surface area contributed by atoms with Crippen molar-refractivity contribution < 1.29 is 0 Å². The van der Waals surface area contributed by atoms with Gasteiger partial charge in [0.1, 0.15) is 11.2 Å². The van der Waals surface area contributed by atoms with Crippen LogP contribution in [0, 0.1) is 0 Å². The molecule has 22 heavy (non-hydrogen) atoms. The topological polar surface area (TPSA) is 29.0 Å². The van der Waals surface area contributed by atoms with Gasteiger partial charge < -0.3 is 0 Å². The minimum absolute atomic E-state index is 0.474. The van der Waals surface area contributed by atoms with E-state index in [9.17, 15) is 0 Å². The van der Waals surface area contributed by atoms with Crippen LogP contribution >= 0.6 is 11.3 Å². The van der Waals surface area contributed by atoms with Crippen molar-refractivity contribution in [3.8, 4) is 11.3 Å². The SMILES string of the molecule is C[C@H](c1cccc(-c2ncnc3sccc23)c1)N1CCCC1. The first-order valence-electron chi connectivity index (χ1n) is 7.85. The minimum atomic E-state index is 0.474. The molecule has 0 unspecified atom stereocenters. The number of benzene rings is 1. The zero-order valence-electron chi connectivity index (χ0n) is 12.7. The number of hydrogen-bond acceptors (Lipinski definition) is 4. The van der Waals surface area contributed by atoms with Crippen LogP contribution in [0.5, 0.6) is 0 Å². The quantitative estimate of drug-likeness (QED) is 0.712. The van der Waals surface area contributed by atoms with Crippen LogP contribution in [0.3, 0.4) is 0 Å². The summed E-state index contributed by atoms with van der Waals surface area (Å²) in [6, 6.07) is 11.4. The number of aromatic nitrogens is 2. The van der Waals surface area contributed by atoms with E-state index in [1.54, 1.807) is 17.7 Å². The van der Waals surface area contributed by atoms with Gasteiger partial charge in [-0.15, -0.1) is 11.3 Å². The van der Waals surface area contributed by atoms with E-state index in [4.69, 9.17) is 0 Å². The summed E-state index contributed by atoms with van der Waals surface area (Å²) in [5, 5.41) is 3.23. The second-order valence-corrected chi connectivity index (χ2v) is 6.80. The van der Waals surface area contributed by atoms with Crippen molar-refractivity contribution in [2.75, 3.05) is 13.1 Å². The fourth-order valence-corrected chi connectivity index (χ4v) is 4.04. The lowest BCUT2D eigenvalue weighted by atomic mass is 10.0. The Labute approximate surface area is 134 Å². The highest BCUT2D eigenvalue weighted by Crippen LogP contribution is 2.31. The van der Waals surface area contributed by atoms with Crippen molar-refractivity contribution >= 4 is 21.6 Å². The molecule has 1 atom stereocenters. The summed E-state index contributed by atoms with van der Waals surface area (Å²) in [4.78, 5) is 12.5. The zero-order valence-corrected chi connectivity index (χ0v) is 13.5. The Balaban J connectivity index is 1.74. The number of nitrogens with zero attached hydrogens (tertiary/aromatic N) is 3. The molecule has 0 bridgehead atoms. The minimum Gasteiger partial charge on any atom is -0.297 e. The molecule has 4 rings (SSSR count). The molecule has 2 aromatic heterocycles. The van der Waals surface area contributed by atoms with Crippen molar-refractivity contribution in [3.05, 3.63) is 47.6 Å². The molecule has 4 heteroatoms. The Morgan fingerprint density at radius 2 is 2.00 bits per heavy atom. The maximum absolute atomic E-state index is 4.53. The van der Waals surface area contributed by atoms with Gasteiger partial charge in [-0.2, -0.15) is 0 Å². The van der Waals surface area contributed by atoms with Gasteiger partial charge in [0.05, 0.1) is 5.69 Å². The molecule has 0 spiro atoms. The molecule has 1 fully saturated rings. The van der Waals surface area contributed by atoms with Crippen LogP contribution in [0.15, 0.2) is 42.0 Å². The summed E-state index contributed by atoms with van der Waals surface area (Å²) in [6.07, 6.45) is 4.32. The van der Waals surface area contributed by atoms with Crippen LogP contribution in [0.25, 0.3) is 21.5 Å². The van der Waals surface area contributed by atoms with Crippen molar-refractivity contribution in [3.63, 3.8) is 0 Å². The van der Waals surface area contributed by atoms with E-state index in [0.29, 0.717) is 6.04 Å². The molecular weight excluding hydrogens is 290 g/mol. The van der Waals surface area contributed by atoms with E-state index in [-0.39, 0.29) is 0 Å². The molecule has 1 aliphatic heterocycles. The van der Waals surface area contributed by atoms with Gasteiger partial charge in [0.15, 0.2) is 0 Å². The van der Waals surface area contributed by atoms with Gasteiger partial charge in [-0.25, -0.2) is 9.97 Å². The lowest BCUT2D eigenvalue weighted by Crippen LogP contribution is -2.23. The number of thiophene rings is 1. The van der Waals surface area contributed by atoms with Crippen LogP contribution in [-0.2, 0) is 0 Å². The Bertz CT molecular complexity index is 790. The lowest BCUT2D eigenvalue weighted by molar-refractivity contribution is 0.263. The Morgan fingerprint density at radius 3 is 2.86 bits per heavy atom. The second-order valence-electron chi connectivity index (χ2n) is 5.91. The van der Waals surface area contributed by atoms with Crippen LogP contribution < -0.4 is 0 Å². The predicted octanol–water partition coefficient (Wildman–Crippen LogP) is 4.52. The summed E-state index contributed by atoms with van der Waals surface area (Å²) >= 11 is 1.67. The molecule has 0 aliphatic carbocycles. The van der Waals surface area contributed by atoms with Gasteiger partial charge in [-0.1, -0.05) is 18.2 Å². The average Bonchev–Trinajstić information content (AvgIpc) is 3.25. The van der Waals surface area contributed by atoms with Crippen LogP contribution in [0.2, 0.25) is 0 Å². The molecule has 1 aromatic carbocycles. The number of fused-ring (bicyclic) bond motifs is 1. The first kappa shape index (κ1) is 13.9. The van der Waals surface area contributed by atoms with E-state index >= 15 is 0 Å². The third-order valence-corrected chi connectivity index (χ3v) is 5.41. The number of likely N-dealkylation sites (tertiary alicyclic amines) is 1. The van der Waals surface area contributed by atoms with Gasteiger partial charge in [0, 0.05) is 17.0 Å². The van der Waals surface area contributed by atoms with Crippen molar-refractivity contribution in [2.45, 2.75) is 25.8 Å². The summed E-state index contributed by atoms with van der Waals surface area (Å²) in [5.74, 6) is 0. The summed E-state index contributed by atoms with van der Waals surface area (Å²) in [7, 11) is 0. The van der Waals surface area contributed by atoms with Crippen LogP contribution in [-0.4, -0.2) is 28.0 Å². The zero-order chi connectivity index (χ0) is 14.9. The largest absolute Gasteiger partial charge is 0.297 e. The van der Waals surface area contributed by atoms with Gasteiger partial charge in [0.25, 0.3) is 0 Å². The van der Waals surface area contributed by atoms with Crippen molar-refractivity contribution in [2.24, 2.45) is 0 Å². The molecule has 1 saturated heterocycles. The highest BCUT2D eigenvalue weighted by molar-refractivity contribution is 7.16. The third-order valence-electron chi connectivity index (χ3n) is 4.59.